The number of hydrogen-bond acceptors (Lipinski definition) is 4. The Hall–Kier alpha value is -2.56. The normalized spacial score (nSPS) is 15.2. The first-order valence-electron chi connectivity index (χ1n) is 7.47. The van der Waals surface area contributed by atoms with E-state index in [0.29, 0.717) is 0 Å². The molecule has 1 aliphatic heterocycles. The average molecular weight is 297 g/mol. The highest BCUT2D eigenvalue weighted by molar-refractivity contribution is 5.67. The summed E-state index contributed by atoms with van der Waals surface area (Å²) in [5.41, 5.74) is 10.0. The summed E-state index contributed by atoms with van der Waals surface area (Å²) in [6.45, 7) is 2.89. The molecule has 0 spiro atoms. The van der Waals surface area contributed by atoms with Gasteiger partial charge in [0.15, 0.2) is 0 Å². The van der Waals surface area contributed by atoms with E-state index in [-0.39, 0.29) is 16.7 Å². The van der Waals surface area contributed by atoms with Crippen LogP contribution >= 0.6 is 0 Å². The van der Waals surface area contributed by atoms with Gasteiger partial charge < -0.3 is 10.6 Å². The van der Waals surface area contributed by atoms with E-state index in [2.05, 4.69) is 11.0 Å². The molecule has 2 aromatic carbocycles. The van der Waals surface area contributed by atoms with Gasteiger partial charge in [-0.25, -0.2) is 0 Å². The van der Waals surface area contributed by atoms with E-state index in [1.165, 1.54) is 0 Å². The molecule has 0 bridgehead atoms. The molecule has 1 aliphatic rings. The molecular weight excluding hydrogens is 278 g/mol. The zero-order valence-electron chi connectivity index (χ0n) is 12.5. The standard InChI is InChI=1S/C17H19N3O2/c1-12(13-6-2-3-9-17(13)20(21)22)19-11-5-7-14-15(18)8-4-10-16(14)19/h2-4,6,8-10,12H,5,7,11,18H2,1H3. The van der Waals surface area contributed by atoms with Gasteiger partial charge in [0.25, 0.3) is 5.69 Å². The van der Waals surface area contributed by atoms with Gasteiger partial charge in [-0.3, -0.25) is 10.1 Å². The fourth-order valence-electron chi connectivity index (χ4n) is 3.26. The van der Waals surface area contributed by atoms with Crippen LogP contribution < -0.4 is 10.6 Å². The predicted octanol–water partition coefficient (Wildman–Crippen LogP) is 3.69. The molecule has 0 fully saturated rings. The highest BCUT2D eigenvalue weighted by Gasteiger charge is 2.27. The van der Waals surface area contributed by atoms with Crippen molar-refractivity contribution in [3.05, 3.63) is 63.7 Å². The molecule has 2 N–H and O–H groups in total. The molecule has 0 saturated heterocycles. The maximum absolute atomic E-state index is 11.3. The number of fused-ring (bicyclic) bond motifs is 1. The van der Waals surface area contributed by atoms with E-state index in [0.717, 1.165) is 41.9 Å². The summed E-state index contributed by atoms with van der Waals surface area (Å²) in [6, 6.07) is 12.8. The van der Waals surface area contributed by atoms with Crippen LogP contribution in [0.4, 0.5) is 17.1 Å². The Kier molecular flexibility index (Phi) is 3.71. The van der Waals surface area contributed by atoms with E-state index in [1.807, 2.05) is 31.2 Å². The molecule has 0 aliphatic carbocycles. The molecular formula is C17H19N3O2. The van der Waals surface area contributed by atoms with Crippen molar-refractivity contribution in [3.8, 4) is 0 Å². The van der Waals surface area contributed by atoms with Crippen molar-refractivity contribution >= 4 is 17.1 Å². The van der Waals surface area contributed by atoms with Crippen molar-refractivity contribution in [1.82, 2.24) is 0 Å². The number of nitrogens with zero attached hydrogens (tertiary/aromatic N) is 2. The largest absolute Gasteiger partial charge is 0.398 e. The Morgan fingerprint density at radius 1 is 1.23 bits per heavy atom. The van der Waals surface area contributed by atoms with E-state index >= 15 is 0 Å². The third-order valence-corrected chi connectivity index (χ3v) is 4.37. The Balaban J connectivity index is 2.03. The van der Waals surface area contributed by atoms with Crippen LogP contribution in [0, 0.1) is 10.1 Å². The van der Waals surface area contributed by atoms with Crippen molar-refractivity contribution in [1.29, 1.82) is 0 Å². The molecule has 5 nitrogen and oxygen atoms in total. The van der Waals surface area contributed by atoms with E-state index < -0.39 is 0 Å². The van der Waals surface area contributed by atoms with Crippen molar-refractivity contribution in [2.45, 2.75) is 25.8 Å². The van der Waals surface area contributed by atoms with Gasteiger partial charge in [0, 0.05) is 24.0 Å². The first-order chi connectivity index (χ1) is 10.6. The maximum atomic E-state index is 11.3. The average Bonchev–Trinajstić information content (AvgIpc) is 2.54. The quantitative estimate of drug-likeness (QED) is 0.533. The topological polar surface area (TPSA) is 72.4 Å². The summed E-state index contributed by atoms with van der Waals surface area (Å²) in [7, 11) is 0. The SMILES string of the molecule is CC(c1ccccc1[N+](=O)[O-])N1CCCc2c(N)cccc21. The van der Waals surface area contributed by atoms with Crippen LogP contribution in [0.2, 0.25) is 0 Å². The maximum Gasteiger partial charge on any atom is 0.274 e. The van der Waals surface area contributed by atoms with Gasteiger partial charge in [0.05, 0.1) is 16.5 Å². The molecule has 0 aromatic heterocycles. The lowest BCUT2D eigenvalue weighted by Crippen LogP contribution is -2.32. The molecule has 5 heteroatoms. The monoisotopic (exact) mass is 297 g/mol. The highest BCUT2D eigenvalue weighted by Crippen LogP contribution is 2.38. The van der Waals surface area contributed by atoms with Gasteiger partial charge in [-0.05, 0) is 37.5 Å². The summed E-state index contributed by atoms with van der Waals surface area (Å²) < 4.78 is 0. The summed E-state index contributed by atoms with van der Waals surface area (Å²) in [5.74, 6) is 0. The second-order valence-electron chi connectivity index (χ2n) is 5.63. The molecule has 22 heavy (non-hydrogen) atoms. The van der Waals surface area contributed by atoms with Gasteiger partial charge >= 0.3 is 0 Å². The number of para-hydroxylation sites is 1. The molecule has 0 amide bonds. The number of benzene rings is 2. The minimum absolute atomic E-state index is 0.0672. The Bertz CT molecular complexity index is 715. The molecule has 114 valence electrons. The van der Waals surface area contributed by atoms with Gasteiger partial charge in [-0.1, -0.05) is 24.3 Å². The van der Waals surface area contributed by atoms with Crippen LogP contribution in [-0.2, 0) is 6.42 Å². The van der Waals surface area contributed by atoms with Crippen LogP contribution in [0.1, 0.15) is 30.5 Å². The summed E-state index contributed by atoms with van der Waals surface area (Å²) >= 11 is 0. The minimum Gasteiger partial charge on any atom is -0.398 e. The summed E-state index contributed by atoms with van der Waals surface area (Å²) in [4.78, 5) is 13.2. The fourth-order valence-corrected chi connectivity index (χ4v) is 3.26. The van der Waals surface area contributed by atoms with E-state index in [9.17, 15) is 10.1 Å². The zero-order chi connectivity index (χ0) is 15.7. The third-order valence-electron chi connectivity index (χ3n) is 4.37. The lowest BCUT2D eigenvalue weighted by molar-refractivity contribution is -0.385. The number of nitrogens with two attached hydrogens (primary N) is 1. The molecule has 2 aromatic rings. The third kappa shape index (κ3) is 2.39. The smallest absolute Gasteiger partial charge is 0.274 e. The number of nitro benzene ring substituents is 1. The van der Waals surface area contributed by atoms with E-state index in [4.69, 9.17) is 5.73 Å². The number of anilines is 2. The van der Waals surface area contributed by atoms with Crippen LogP contribution in [0.3, 0.4) is 0 Å². The number of nitro groups is 1. The first kappa shape index (κ1) is 14.4. The summed E-state index contributed by atoms with van der Waals surface area (Å²) in [5, 5.41) is 11.3. The number of nitrogen functional groups attached to an aromatic ring is 1. The number of hydrogen-bond donors (Lipinski definition) is 1. The Morgan fingerprint density at radius 3 is 2.77 bits per heavy atom. The van der Waals surface area contributed by atoms with Crippen molar-refractivity contribution in [2.75, 3.05) is 17.2 Å². The lowest BCUT2D eigenvalue weighted by atomic mass is 9.96. The predicted molar refractivity (Wildman–Crippen MR) is 88.0 cm³/mol. The Morgan fingerprint density at radius 2 is 2.00 bits per heavy atom. The first-order valence-corrected chi connectivity index (χ1v) is 7.47. The minimum atomic E-state index is -0.309. The van der Waals surface area contributed by atoms with Crippen LogP contribution in [0.25, 0.3) is 0 Å². The lowest BCUT2D eigenvalue weighted by Gasteiger charge is -2.36. The zero-order valence-corrected chi connectivity index (χ0v) is 12.5. The van der Waals surface area contributed by atoms with Gasteiger partial charge in [0.1, 0.15) is 0 Å². The molecule has 1 heterocycles. The van der Waals surface area contributed by atoms with Crippen LogP contribution in [-0.4, -0.2) is 11.5 Å². The summed E-state index contributed by atoms with van der Waals surface area (Å²) in [6.07, 6.45) is 1.97. The molecule has 0 saturated carbocycles. The second-order valence-corrected chi connectivity index (χ2v) is 5.63. The number of rotatable bonds is 3. The van der Waals surface area contributed by atoms with E-state index in [1.54, 1.807) is 12.1 Å². The van der Waals surface area contributed by atoms with Crippen LogP contribution in [0.5, 0.6) is 0 Å². The van der Waals surface area contributed by atoms with Crippen molar-refractivity contribution in [3.63, 3.8) is 0 Å². The van der Waals surface area contributed by atoms with Gasteiger partial charge in [-0.15, -0.1) is 0 Å². The molecule has 1 unspecified atom stereocenters. The van der Waals surface area contributed by atoms with Gasteiger partial charge in [-0.2, -0.15) is 0 Å². The van der Waals surface area contributed by atoms with Gasteiger partial charge in [0.2, 0.25) is 0 Å². The van der Waals surface area contributed by atoms with Crippen LogP contribution in [0.15, 0.2) is 42.5 Å². The molecule has 3 rings (SSSR count). The second kappa shape index (κ2) is 5.67. The van der Waals surface area contributed by atoms with Crippen molar-refractivity contribution in [2.24, 2.45) is 0 Å². The Labute approximate surface area is 129 Å². The fraction of sp³-hybridized carbons (Fsp3) is 0.294. The molecule has 0 radical (unpaired) electrons. The van der Waals surface area contributed by atoms with Crippen molar-refractivity contribution < 1.29 is 4.92 Å². The molecule has 1 atom stereocenters. The highest BCUT2D eigenvalue weighted by atomic mass is 16.6.